The fraction of sp³-hybridized carbons (Fsp3) is 0.500. The first-order valence-corrected chi connectivity index (χ1v) is 13.6. The number of rotatable bonds is 12. The molecule has 37 heavy (non-hydrogen) atoms. The van der Waals surface area contributed by atoms with Gasteiger partial charge in [0.1, 0.15) is 12.3 Å². The van der Waals surface area contributed by atoms with E-state index in [0.717, 1.165) is 78.8 Å². The Kier molecular flexibility index (Phi) is 9.58. The maximum Gasteiger partial charge on any atom is 0.224 e. The molecule has 1 atom stereocenters. The van der Waals surface area contributed by atoms with Gasteiger partial charge in [-0.3, -0.25) is 9.80 Å². The van der Waals surface area contributed by atoms with Crippen molar-refractivity contribution >= 4 is 23.6 Å². The lowest BCUT2D eigenvalue weighted by Gasteiger charge is -2.31. The second-order valence-electron chi connectivity index (χ2n) is 9.98. The number of aldehydes is 1. The van der Waals surface area contributed by atoms with Gasteiger partial charge < -0.3 is 19.6 Å². The number of hydrazone groups is 1. The first-order chi connectivity index (χ1) is 18.1. The van der Waals surface area contributed by atoms with Crippen LogP contribution in [0.1, 0.15) is 82.3 Å². The Bertz CT molecular complexity index is 1080. The molecular formula is C30H39N3O4. The summed E-state index contributed by atoms with van der Waals surface area (Å²) in [6, 6.07) is 13.5. The Hall–Kier alpha value is -3.35. The SMILES string of the molecule is CCCCCC(=O)Nc1ccc(CN2N=C(c3ccc(OC)c(OC4CCCC4)c3)CCC2C=O)cc1. The number of unbranched alkanes of at least 4 members (excludes halogenated alkanes) is 2. The summed E-state index contributed by atoms with van der Waals surface area (Å²) in [6.45, 7) is 2.64. The Morgan fingerprint density at radius 3 is 2.57 bits per heavy atom. The molecule has 4 rings (SSSR count). The van der Waals surface area contributed by atoms with Crippen LogP contribution in [-0.4, -0.2) is 42.2 Å². The Morgan fingerprint density at radius 2 is 1.86 bits per heavy atom. The molecule has 7 nitrogen and oxygen atoms in total. The third kappa shape index (κ3) is 7.34. The Morgan fingerprint density at radius 1 is 1.08 bits per heavy atom. The zero-order valence-corrected chi connectivity index (χ0v) is 22.1. The van der Waals surface area contributed by atoms with Gasteiger partial charge in [-0.2, -0.15) is 5.10 Å². The predicted octanol–water partition coefficient (Wildman–Crippen LogP) is 6.10. The molecule has 0 aromatic heterocycles. The van der Waals surface area contributed by atoms with Gasteiger partial charge in [-0.1, -0.05) is 31.9 Å². The lowest BCUT2D eigenvalue weighted by molar-refractivity contribution is -0.116. The molecule has 2 aliphatic rings. The third-order valence-corrected chi connectivity index (χ3v) is 7.15. The van der Waals surface area contributed by atoms with Crippen molar-refractivity contribution in [3.05, 3.63) is 53.6 Å². The van der Waals surface area contributed by atoms with Gasteiger partial charge >= 0.3 is 0 Å². The zero-order chi connectivity index (χ0) is 26.0. The van der Waals surface area contributed by atoms with Crippen LogP contribution in [0.4, 0.5) is 5.69 Å². The molecule has 1 saturated carbocycles. The van der Waals surface area contributed by atoms with Gasteiger partial charge in [-0.05, 0) is 80.8 Å². The van der Waals surface area contributed by atoms with E-state index in [4.69, 9.17) is 14.6 Å². The lowest BCUT2D eigenvalue weighted by Crippen LogP contribution is -2.37. The fourth-order valence-corrected chi connectivity index (χ4v) is 4.98. The number of nitrogens with one attached hydrogen (secondary N) is 1. The zero-order valence-electron chi connectivity index (χ0n) is 22.1. The molecule has 0 saturated heterocycles. The minimum atomic E-state index is -0.269. The molecule has 1 aliphatic heterocycles. The van der Waals surface area contributed by atoms with Crippen molar-refractivity contribution in [1.29, 1.82) is 0 Å². The van der Waals surface area contributed by atoms with Crippen LogP contribution in [0.15, 0.2) is 47.6 Å². The van der Waals surface area contributed by atoms with E-state index in [9.17, 15) is 9.59 Å². The largest absolute Gasteiger partial charge is 0.493 e. The van der Waals surface area contributed by atoms with E-state index in [-0.39, 0.29) is 18.1 Å². The van der Waals surface area contributed by atoms with Crippen LogP contribution < -0.4 is 14.8 Å². The lowest BCUT2D eigenvalue weighted by atomic mass is 10.00. The number of carbonyl (C=O) groups excluding carboxylic acids is 2. The minimum absolute atomic E-state index is 0.0447. The molecular weight excluding hydrogens is 466 g/mol. The van der Waals surface area contributed by atoms with Crippen LogP contribution in [0.3, 0.4) is 0 Å². The number of hydrogen-bond acceptors (Lipinski definition) is 6. The van der Waals surface area contributed by atoms with Gasteiger partial charge in [0.05, 0.1) is 25.5 Å². The number of amides is 1. The van der Waals surface area contributed by atoms with Crippen LogP contribution in [0.25, 0.3) is 0 Å². The van der Waals surface area contributed by atoms with E-state index in [0.29, 0.717) is 19.4 Å². The van der Waals surface area contributed by atoms with Crippen LogP contribution in [-0.2, 0) is 16.1 Å². The van der Waals surface area contributed by atoms with Gasteiger partial charge in [0.25, 0.3) is 0 Å². The van der Waals surface area contributed by atoms with E-state index in [1.807, 2.05) is 47.5 Å². The molecule has 1 unspecified atom stereocenters. The van der Waals surface area contributed by atoms with E-state index in [1.165, 1.54) is 12.8 Å². The van der Waals surface area contributed by atoms with Gasteiger partial charge in [0, 0.05) is 17.7 Å². The molecule has 1 amide bonds. The summed E-state index contributed by atoms with van der Waals surface area (Å²) in [6.07, 6.45) is 10.8. The number of carbonyl (C=O) groups is 2. The summed E-state index contributed by atoms with van der Waals surface area (Å²) < 4.78 is 11.8. The summed E-state index contributed by atoms with van der Waals surface area (Å²) in [5, 5.41) is 9.72. The Balaban J connectivity index is 1.45. The van der Waals surface area contributed by atoms with Crippen LogP contribution in [0, 0.1) is 0 Å². The number of anilines is 1. The highest BCUT2D eigenvalue weighted by Gasteiger charge is 2.25. The highest BCUT2D eigenvalue weighted by Crippen LogP contribution is 2.33. The van der Waals surface area contributed by atoms with Crippen LogP contribution in [0.5, 0.6) is 11.5 Å². The minimum Gasteiger partial charge on any atom is -0.493 e. The number of methoxy groups -OCH3 is 1. The van der Waals surface area contributed by atoms with E-state index < -0.39 is 0 Å². The molecule has 0 bridgehead atoms. The third-order valence-electron chi connectivity index (χ3n) is 7.15. The molecule has 198 valence electrons. The number of nitrogens with zero attached hydrogens (tertiary/aromatic N) is 2. The molecule has 1 fully saturated rings. The number of benzene rings is 2. The van der Waals surface area contributed by atoms with Gasteiger partial charge in [0.15, 0.2) is 11.5 Å². The van der Waals surface area contributed by atoms with Crippen molar-refractivity contribution < 1.29 is 19.1 Å². The van der Waals surface area contributed by atoms with Gasteiger partial charge in [-0.15, -0.1) is 0 Å². The van der Waals surface area contributed by atoms with E-state index in [2.05, 4.69) is 12.2 Å². The van der Waals surface area contributed by atoms with Gasteiger partial charge in [-0.25, -0.2) is 0 Å². The standard InChI is InChI=1S/C30H39N3O4/c1-3-4-5-10-30(35)31-24-14-11-22(12-15-24)20-33-25(21-34)16-17-27(32-33)23-13-18-28(36-2)29(19-23)37-26-8-6-7-9-26/h11-15,18-19,21,25-26H,3-10,16-17,20H2,1-2H3,(H,31,35). The maximum atomic E-state index is 12.1. The van der Waals surface area contributed by atoms with E-state index in [1.54, 1.807) is 7.11 Å². The highest BCUT2D eigenvalue weighted by molar-refractivity contribution is 6.01. The highest BCUT2D eigenvalue weighted by atomic mass is 16.5. The summed E-state index contributed by atoms with van der Waals surface area (Å²) in [5.74, 6) is 1.53. The second-order valence-corrected chi connectivity index (χ2v) is 9.98. The molecule has 1 aliphatic carbocycles. The second kappa shape index (κ2) is 13.3. The monoisotopic (exact) mass is 505 g/mol. The van der Waals surface area contributed by atoms with Crippen molar-refractivity contribution in [1.82, 2.24) is 5.01 Å². The van der Waals surface area contributed by atoms with Crippen LogP contribution in [0.2, 0.25) is 0 Å². The van der Waals surface area contributed by atoms with Crippen molar-refractivity contribution in [2.24, 2.45) is 5.10 Å². The number of hydrogen-bond donors (Lipinski definition) is 1. The van der Waals surface area contributed by atoms with E-state index >= 15 is 0 Å². The molecule has 0 radical (unpaired) electrons. The summed E-state index contributed by atoms with van der Waals surface area (Å²) in [4.78, 5) is 23.9. The molecule has 1 N–H and O–H groups in total. The average Bonchev–Trinajstić information content (AvgIpc) is 3.43. The molecule has 7 heteroatoms. The number of ether oxygens (including phenoxy) is 2. The maximum absolute atomic E-state index is 12.1. The molecule has 0 spiro atoms. The van der Waals surface area contributed by atoms with Crippen molar-refractivity contribution in [2.45, 2.75) is 89.8 Å². The Labute approximate surface area is 220 Å². The first-order valence-electron chi connectivity index (χ1n) is 13.6. The smallest absolute Gasteiger partial charge is 0.224 e. The van der Waals surface area contributed by atoms with Crippen molar-refractivity contribution in [3.63, 3.8) is 0 Å². The van der Waals surface area contributed by atoms with Crippen molar-refractivity contribution in [2.75, 3.05) is 12.4 Å². The summed E-state index contributed by atoms with van der Waals surface area (Å²) >= 11 is 0. The molecule has 1 heterocycles. The predicted molar refractivity (Wildman–Crippen MR) is 146 cm³/mol. The van der Waals surface area contributed by atoms with Crippen LogP contribution >= 0.6 is 0 Å². The topological polar surface area (TPSA) is 80.2 Å². The first kappa shape index (κ1) is 26.7. The van der Waals surface area contributed by atoms with Crippen molar-refractivity contribution in [3.8, 4) is 11.5 Å². The quantitative estimate of drug-likeness (QED) is 0.278. The average molecular weight is 506 g/mol. The molecule has 2 aromatic carbocycles. The summed E-state index contributed by atoms with van der Waals surface area (Å²) in [5.41, 5.74) is 3.74. The molecule has 2 aromatic rings. The normalized spacial score (nSPS) is 17.8. The van der Waals surface area contributed by atoms with Gasteiger partial charge in [0.2, 0.25) is 5.91 Å². The summed E-state index contributed by atoms with van der Waals surface area (Å²) in [7, 11) is 1.66. The fourth-order valence-electron chi connectivity index (χ4n) is 4.98.